The summed E-state index contributed by atoms with van der Waals surface area (Å²) in [6.45, 7) is 1.23. The zero-order valence-corrected chi connectivity index (χ0v) is 9.62. The van der Waals surface area contributed by atoms with E-state index in [1.54, 1.807) is 0 Å². The molecule has 18 heavy (non-hydrogen) atoms. The summed E-state index contributed by atoms with van der Waals surface area (Å²) in [5.74, 6) is -1.52. The summed E-state index contributed by atoms with van der Waals surface area (Å²) in [5.41, 5.74) is -1.98. The first-order valence-electron chi connectivity index (χ1n) is 5.24. The molecule has 2 N–H and O–H groups in total. The van der Waals surface area contributed by atoms with Crippen molar-refractivity contribution < 1.29 is 32.6 Å². The van der Waals surface area contributed by atoms with Crippen LogP contribution in [0.25, 0.3) is 0 Å². The number of alkyl halides is 3. The molecular formula is C11H13F3O4. The van der Waals surface area contributed by atoms with Crippen molar-refractivity contribution in [3.05, 3.63) is 23.7 Å². The molecule has 0 radical (unpaired) electrons. The molecule has 0 aliphatic rings. The predicted octanol–water partition coefficient (Wildman–Crippen LogP) is 2.92. The Morgan fingerprint density at radius 2 is 2.00 bits per heavy atom. The standard InChI is InChI=1S/C11H13F3O4/c1-10(17,4-2-5-11(12,13)14)8-7(9(15)16)3-6-18-8/h3,6,17H,2,4-5H2,1H3,(H,15,16). The quantitative estimate of drug-likeness (QED) is 0.859. The van der Waals surface area contributed by atoms with Crippen LogP contribution in [-0.4, -0.2) is 22.4 Å². The molecule has 0 bridgehead atoms. The van der Waals surface area contributed by atoms with Crippen molar-refractivity contribution in [1.82, 2.24) is 0 Å². The van der Waals surface area contributed by atoms with Crippen LogP contribution in [0.2, 0.25) is 0 Å². The Kier molecular flexibility index (Phi) is 4.05. The number of aliphatic hydroxyl groups is 1. The fourth-order valence-electron chi connectivity index (χ4n) is 1.64. The second kappa shape index (κ2) is 5.01. The van der Waals surface area contributed by atoms with Crippen molar-refractivity contribution in [1.29, 1.82) is 0 Å². The van der Waals surface area contributed by atoms with Gasteiger partial charge in [0.15, 0.2) is 0 Å². The van der Waals surface area contributed by atoms with Crippen LogP contribution in [0.1, 0.15) is 42.3 Å². The van der Waals surface area contributed by atoms with Crippen LogP contribution >= 0.6 is 0 Å². The Morgan fingerprint density at radius 3 is 2.50 bits per heavy atom. The molecule has 102 valence electrons. The van der Waals surface area contributed by atoms with Gasteiger partial charge in [-0.15, -0.1) is 0 Å². The maximum Gasteiger partial charge on any atom is 0.389 e. The first-order chi connectivity index (χ1) is 8.13. The molecule has 0 spiro atoms. The van der Waals surface area contributed by atoms with Gasteiger partial charge < -0.3 is 14.6 Å². The highest BCUT2D eigenvalue weighted by atomic mass is 19.4. The highest BCUT2D eigenvalue weighted by Crippen LogP contribution is 2.32. The molecule has 0 saturated carbocycles. The molecular weight excluding hydrogens is 253 g/mol. The number of hydrogen-bond donors (Lipinski definition) is 2. The third kappa shape index (κ3) is 3.76. The van der Waals surface area contributed by atoms with Gasteiger partial charge in [0.05, 0.1) is 6.26 Å². The fraction of sp³-hybridized carbons (Fsp3) is 0.545. The Hall–Kier alpha value is -1.50. The van der Waals surface area contributed by atoms with E-state index < -0.39 is 24.2 Å². The smallest absolute Gasteiger partial charge is 0.389 e. The first-order valence-corrected chi connectivity index (χ1v) is 5.24. The summed E-state index contributed by atoms with van der Waals surface area (Å²) >= 11 is 0. The fourth-order valence-corrected chi connectivity index (χ4v) is 1.64. The Bertz CT molecular complexity index is 420. The molecule has 1 rings (SSSR count). The number of carboxylic acids is 1. The monoisotopic (exact) mass is 266 g/mol. The van der Waals surface area contributed by atoms with Gasteiger partial charge in [-0.25, -0.2) is 4.79 Å². The van der Waals surface area contributed by atoms with E-state index in [2.05, 4.69) is 0 Å². The summed E-state index contributed by atoms with van der Waals surface area (Å²) in [6, 6.07) is 1.15. The minimum atomic E-state index is -4.30. The molecule has 0 aliphatic carbocycles. The van der Waals surface area contributed by atoms with E-state index in [4.69, 9.17) is 9.52 Å². The van der Waals surface area contributed by atoms with Gasteiger partial charge in [0.1, 0.15) is 16.9 Å². The van der Waals surface area contributed by atoms with Crippen molar-refractivity contribution >= 4 is 5.97 Å². The van der Waals surface area contributed by atoms with Gasteiger partial charge in [0, 0.05) is 6.42 Å². The van der Waals surface area contributed by atoms with Gasteiger partial charge in [0.25, 0.3) is 0 Å². The number of aromatic carboxylic acids is 1. The maximum absolute atomic E-state index is 12.0. The minimum Gasteiger partial charge on any atom is -0.478 e. The zero-order chi connectivity index (χ0) is 14.0. The van der Waals surface area contributed by atoms with Gasteiger partial charge >= 0.3 is 12.1 Å². The lowest BCUT2D eigenvalue weighted by Crippen LogP contribution is -2.24. The maximum atomic E-state index is 12.0. The van der Waals surface area contributed by atoms with E-state index in [0.29, 0.717) is 0 Å². The lowest BCUT2D eigenvalue weighted by molar-refractivity contribution is -0.138. The molecule has 0 fully saturated rings. The third-order valence-electron chi connectivity index (χ3n) is 2.51. The number of rotatable bonds is 5. The summed E-state index contributed by atoms with van der Waals surface area (Å²) in [4.78, 5) is 10.8. The lowest BCUT2D eigenvalue weighted by atomic mass is 9.93. The Labute approximate surface area is 101 Å². The second-order valence-electron chi connectivity index (χ2n) is 4.21. The van der Waals surface area contributed by atoms with Gasteiger partial charge in [-0.3, -0.25) is 0 Å². The van der Waals surface area contributed by atoms with Gasteiger partial charge in [-0.1, -0.05) is 0 Å². The highest BCUT2D eigenvalue weighted by molar-refractivity contribution is 5.88. The molecule has 1 atom stereocenters. The van der Waals surface area contributed by atoms with Crippen molar-refractivity contribution in [3.63, 3.8) is 0 Å². The molecule has 0 saturated heterocycles. The molecule has 0 aliphatic heterocycles. The van der Waals surface area contributed by atoms with Crippen LogP contribution in [0.4, 0.5) is 13.2 Å². The van der Waals surface area contributed by atoms with Gasteiger partial charge in [0.2, 0.25) is 0 Å². The van der Waals surface area contributed by atoms with Crippen molar-refractivity contribution in [2.45, 2.75) is 38.0 Å². The number of carboxylic acid groups (broad SMARTS) is 1. The Morgan fingerprint density at radius 1 is 1.39 bits per heavy atom. The number of furan rings is 1. The number of halogens is 3. The van der Waals surface area contributed by atoms with Crippen LogP contribution in [0, 0.1) is 0 Å². The number of carbonyl (C=O) groups is 1. The third-order valence-corrected chi connectivity index (χ3v) is 2.51. The van der Waals surface area contributed by atoms with E-state index in [0.717, 1.165) is 12.3 Å². The minimum absolute atomic E-state index is 0.225. The molecule has 0 amide bonds. The van der Waals surface area contributed by atoms with Crippen molar-refractivity contribution in [3.8, 4) is 0 Å². The normalized spacial score (nSPS) is 15.4. The van der Waals surface area contributed by atoms with Gasteiger partial charge in [-0.05, 0) is 25.8 Å². The van der Waals surface area contributed by atoms with Gasteiger partial charge in [-0.2, -0.15) is 13.2 Å². The van der Waals surface area contributed by atoms with Crippen LogP contribution in [0.5, 0.6) is 0 Å². The Balaban J connectivity index is 2.74. The molecule has 1 heterocycles. The van der Waals surface area contributed by atoms with Crippen LogP contribution < -0.4 is 0 Å². The van der Waals surface area contributed by atoms with Crippen LogP contribution in [0.3, 0.4) is 0 Å². The average Bonchev–Trinajstić information content (AvgIpc) is 2.63. The van der Waals surface area contributed by atoms with E-state index in [-0.39, 0.29) is 24.2 Å². The van der Waals surface area contributed by atoms with Crippen LogP contribution in [-0.2, 0) is 5.60 Å². The van der Waals surface area contributed by atoms with E-state index >= 15 is 0 Å². The van der Waals surface area contributed by atoms with E-state index in [1.165, 1.54) is 6.92 Å². The average molecular weight is 266 g/mol. The first kappa shape index (κ1) is 14.6. The van der Waals surface area contributed by atoms with Crippen molar-refractivity contribution in [2.24, 2.45) is 0 Å². The lowest BCUT2D eigenvalue weighted by Gasteiger charge is -2.21. The van der Waals surface area contributed by atoms with E-state index in [1.807, 2.05) is 0 Å². The summed E-state index contributed by atoms with van der Waals surface area (Å²) in [7, 11) is 0. The zero-order valence-electron chi connectivity index (χ0n) is 9.62. The number of hydrogen-bond acceptors (Lipinski definition) is 3. The molecule has 1 aromatic rings. The SMILES string of the molecule is CC(O)(CCCC(F)(F)F)c1occc1C(=O)O. The van der Waals surface area contributed by atoms with Crippen molar-refractivity contribution in [2.75, 3.05) is 0 Å². The molecule has 4 nitrogen and oxygen atoms in total. The molecule has 1 aromatic heterocycles. The molecule has 7 heteroatoms. The van der Waals surface area contributed by atoms with E-state index in [9.17, 15) is 23.1 Å². The predicted molar refractivity (Wildman–Crippen MR) is 55.1 cm³/mol. The topological polar surface area (TPSA) is 70.7 Å². The molecule has 1 unspecified atom stereocenters. The summed E-state index contributed by atoms with van der Waals surface area (Å²) < 4.78 is 40.8. The second-order valence-corrected chi connectivity index (χ2v) is 4.21. The summed E-state index contributed by atoms with van der Waals surface area (Å²) in [6.07, 6.45) is -4.80. The van der Waals surface area contributed by atoms with Crippen LogP contribution in [0.15, 0.2) is 16.7 Å². The highest BCUT2D eigenvalue weighted by Gasteiger charge is 2.34. The largest absolute Gasteiger partial charge is 0.478 e. The summed E-state index contributed by atoms with van der Waals surface area (Å²) in [5, 5.41) is 18.8. The molecule has 0 aromatic carbocycles.